The van der Waals surface area contributed by atoms with Crippen LogP contribution >= 0.6 is 0 Å². The highest BCUT2D eigenvalue weighted by molar-refractivity contribution is 5.42. The first-order valence-electron chi connectivity index (χ1n) is 9.08. The van der Waals surface area contributed by atoms with Crippen LogP contribution in [0.3, 0.4) is 0 Å². The van der Waals surface area contributed by atoms with Gasteiger partial charge in [0, 0.05) is 6.04 Å². The summed E-state index contributed by atoms with van der Waals surface area (Å²) in [6.45, 7) is 1.67. The summed E-state index contributed by atoms with van der Waals surface area (Å²) in [6.07, 6.45) is 6.41. The Morgan fingerprint density at radius 2 is 2.00 bits per heavy atom. The second-order valence-electron chi connectivity index (χ2n) is 6.59. The molecule has 1 atom stereocenters. The van der Waals surface area contributed by atoms with Gasteiger partial charge in [-0.3, -0.25) is 4.90 Å². The quantitative estimate of drug-likeness (QED) is 0.675. The summed E-state index contributed by atoms with van der Waals surface area (Å²) in [4.78, 5) is 2.44. The lowest BCUT2D eigenvalue weighted by Gasteiger charge is -2.29. The monoisotopic (exact) mass is 353 g/mol. The maximum atomic E-state index is 5.81. The van der Waals surface area contributed by atoms with Gasteiger partial charge >= 0.3 is 0 Å². The molecule has 0 aliphatic carbocycles. The van der Waals surface area contributed by atoms with Crippen LogP contribution in [0.25, 0.3) is 11.7 Å². The number of furan rings is 1. The van der Waals surface area contributed by atoms with Crippen molar-refractivity contribution in [1.29, 1.82) is 0 Å². The molecule has 0 spiro atoms. The van der Waals surface area contributed by atoms with Crippen LogP contribution in [-0.4, -0.2) is 28.8 Å². The first-order valence-corrected chi connectivity index (χ1v) is 9.08. The van der Waals surface area contributed by atoms with Gasteiger partial charge in [-0.05, 0) is 49.2 Å². The average molecular weight is 353 g/mol. The highest BCUT2D eigenvalue weighted by atomic mass is 16.5. The molecular weight excluding hydrogens is 330 g/mol. The van der Waals surface area contributed by atoms with Crippen molar-refractivity contribution in [3.8, 4) is 17.4 Å². The number of ether oxygens (including phenoxy) is 1. The van der Waals surface area contributed by atoms with E-state index in [1.165, 1.54) is 24.8 Å². The van der Waals surface area contributed by atoms with Crippen molar-refractivity contribution in [3.05, 3.63) is 54.1 Å². The summed E-state index contributed by atoms with van der Waals surface area (Å²) in [5, 5.41) is 8.33. The molecule has 0 N–H and O–H groups in total. The molecule has 0 radical (unpaired) electrons. The average Bonchev–Trinajstić information content (AvgIpc) is 3.31. The van der Waals surface area contributed by atoms with E-state index in [9.17, 15) is 0 Å². The number of rotatable bonds is 5. The van der Waals surface area contributed by atoms with Crippen molar-refractivity contribution in [2.75, 3.05) is 13.7 Å². The van der Waals surface area contributed by atoms with Gasteiger partial charge in [0.1, 0.15) is 5.75 Å². The second-order valence-corrected chi connectivity index (χ2v) is 6.59. The maximum Gasteiger partial charge on any atom is 0.283 e. The fourth-order valence-electron chi connectivity index (χ4n) is 3.55. The summed E-state index contributed by atoms with van der Waals surface area (Å²) in [7, 11) is 1.69. The SMILES string of the molecule is COc1ccc(C2CCCCCN2Cc2nnc(-c3ccco3)o2)cc1. The summed E-state index contributed by atoms with van der Waals surface area (Å²) >= 11 is 0. The summed E-state index contributed by atoms with van der Waals surface area (Å²) in [5.74, 6) is 2.54. The van der Waals surface area contributed by atoms with Gasteiger partial charge in [0.25, 0.3) is 5.89 Å². The van der Waals surface area contributed by atoms with Gasteiger partial charge in [0.15, 0.2) is 5.76 Å². The molecule has 1 aliphatic rings. The summed E-state index contributed by atoms with van der Waals surface area (Å²) in [5.41, 5.74) is 1.30. The molecular formula is C20H23N3O3. The van der Waals surface area contributed by atoms with Gasteiger partial charge in [-0.15, -0.1) is 10.2 Å². The first-order chi connectivity index (χ1) is 12.8. The Morgan fingerprint density at radius 1 is 1.12 bits per heavy atom. The number of likely N-dealkylation sites (tertiary alicyclic amines) is 1. The molecule has 136 valence electrons. The number of hydrogen-bond donors (Lipinski definition) is 0. The highest BCUT2D eigenvalue weighted by Gasteiger charge is 2.25. The Kier molecular flexibility index (Phi) is 5.02. The van der Waals surface area contributed by atoms with Crippen molar-refractivity contribution in [3.63, 3.8) is 0 Å². The fourth-order valence-corrected chi connectivity index (χ4v) is 3.55. The third-order valence-corrected chi connectivity index (χ3v) is 4.90. The zero-order valence-corrected chi connectivity index (χ0v) is 14.9. The van der Waals surface area contributed by atoms with Gasteiger partial charge in [0.05, 0.1) is 19.9 Å². The molecule has 3 aromatic rings. The molecule has 0 saturated carbocycles. The van der Waals surface area contributed by atoms with Crippen molar-refractivity contribution >= 4 is 0 Å². The van der Waals surface area contributed by atoms with Gasteiger partial charge in [0.2, 0.25) is 5.89 Å². The predicted octanol–water partition coefficient (Wildman–Crippen LogP) is 4.46. The molecule has 1 unspecified atom stereocenters. The molecule has 3 heterocycles. The molecule has 1 aromatic carbocycles. The third kappa shape index (κ3) is 3.65. The minimum absolute atomic E-state index is 0.349. The number of hydrogen-bond acceptors (Lipinski definition) is 6. The fraction of sp³-hybridized carbons (Fsp3) is 0.400. The van der Waals surface area contributed by atoms with E-state index in [0.717, 1.165) is 18.7 Å². The molecule has 0 bridgehead atoms. The second kappa shape index (κ2) is 7.74. The lowest BCUT2D eigenvalue weighted by molar-refractivity contribution is 0.175. The Morgan fingerprint density at radius 3 is 2.77 bits per heavy atom. The van der Waals surface area contributed by atoms with Crippen LogP contribution in [0.15, 0.2) is 51.5 Å². The van der Waals surface area contributed by atoms with Crippen LogP contribution in [0, 0.1) is 0 Å². The van der Waals surface area contributed by atoms with E-state index in [0.29, 0.717) is 30.1 Å². The highest BCUT2D eigenvalue weighted by Crippen LogP contribution is 2.32. The van der Waals surface area contributed by atoms with Gasteiger partial charge in [-0.1, -0.05) is 25.0 Å². The predicted molar refractivity (Wildman–Crippen MR) is 96.6 cm³/mol. The van der Waals surface area contributed by atoms with Crippen molar-refractivity contribution in [2.24, 2.45) is 0 Å². The first kappa shape index (κ1) is 16.8. The Hall–Kier alpha value is -2.60. The van der Waals surface area contributed by atoms with Crippen LogP contribution in [0.5, 0.6) is 5.75 Å². The lowest BCUT2D eigenvalue weighted by atomic mass is 10.0. The number of nitrogens with zero attached hydrogens (tertiary/aromatic N) is 3. The van der Waals surface area contributed by atoms with Crippen LogP contribution in [0.2, 0.25) is 0 Å². The molecule has 4 rings (SSSR count). The zero-order valence-electron chi connectivity index (χ0n) is 14.9. The standard InChI is InChI=1S/C20H23N3O3/c1-24-16-10-8-15(9-11-16)17-6-3-2-4-12-23(17)14-19-21-22-20(26-19)18-7-5-13-25-18/h5,7-11,13,17H,2-4,6,12,14H2,1H3. The molecule has 2 aromatic heterocycles. The van der Waals surface area contributed by atoms with Crippen LogP contribution < -0.4 is 4.74 Å². The van der Waals surface area contributed by atoms with E-state index in [2.05, 4.69) is 27.2 Å². The molecule has 0 amide bonds. The Labute approximate surface area is 152 Å². The summed E-state index contributed by atoms with van der Waals surface area (Å²) in [6, 6.07) is 12.4. The van der Waals surface area contributed by atoms with Crippen molar-refractivity contribution in [2.45, 2.75) is 38.3 Å². The van der Waals surface area contributed by atoms with E-state index in [1.807, 2.05) is 24.3 Å². The minimum atomic E-state index is 0.349. The number of methoxy groups -OCH3 is 1. The normalized spacial score (nSPS) is 18.6. The van der Waals surface area contributed by atoms with Crippen LogP contribution in [0.1, 0.15) is 43.2 Å². The Bertz CT molecular complexity index is 811. The molecule has 1 aliphatic heterocycles. The zero-order chi connectivity index (χ0) is 17.8. The van der Waals surface area contributed by atoms with Crippen LogP contribution in [0.4, 0.5) is 0 Å². The smallest absolute Gasteiger partial charge is 0.283 e. The van der Waals surface area contributed by atoms with Crippen molar-refractivity contribution < 1.29 is 13.6 Å². The lowest BCUT2D eigenvalue weighted by Crippen LogP contribution is -2.28. The Balaban J connectivity index is 1.53. The van der Waals surface area contributed by atoms with E-state index < -0.39 is 0 Å². The maximum absolute atomic E-state index is 5.81. The molecule has 26 heavy (non-hydrogen) atoms. The third-order valence-electron chi connectivity index (χ3n) is 4.90. The van der Waals surface area contributed by atoms with E-state index >= 15 is 0 Å². The van der Waals surface area contributed by atoms with E-state index in [4.69, 9.17) is 13.6 Å². The van der Waals surface area contributed by atoms with Crippen LogP contribution in [-0.2, 0) is 6.54 Å². The molecule has 6 nitrogen and oxygen atoms in total. The van der Waals surface area contributed by atoms with Gasteiger partial charge < -0.3 is 13.6 Å². The topological polar surface area (TPSA) is 64.5 Å². The van der Waals surface area contributed by atoms with Gasteiger partial charge in [-0.2, -0.15) is 0 Å². The largest absolute Gasteiger partial charge is 0.497 e. The minimum Gasteiger partial charge on any atom is -0.497 e. The van der Waals surface area contributed by atoms with E-state index in [1.54, 1.807) is 13.4 Å². The molecule has 1 saturated heterocycles. The van der Waals surface area contributed by atoms with Gasteiger partial charge in [-0.25, -0.2) is 0 Å². The van der Waals surface area contributed by atoms with E-state index in [-0.39, 0.29) is 0 Å². The number of aromatic nitrogens is 2. The molecule has 6 heteroatoms. The summed E-state index contributed by atoms with van der Waals surface area (Å²) < 4.78 is 16.4. The molecule has 1 fully saturated rings. The number of benzene rings is 1. The van der Waals surface area contributed by atoms with Crippen molar-refractivity contribution in [1.82, 2.24) is 15.1 Å².